The second-order valence-electron chi connectivity index (χ2n) is 5.70. The Labute approximate surface area is 135 Å². The van der Waals surface area contributed by atoms with Crippen LogP contribution >= 0.6 is 0 Å². The van der Waals surface area contributed by atoms with Gasteiger partial charge < -0.3 is 10.1 Å². The predicted molar refractivity (Wildman–Crippen MR) is 90.8 cm³/mol. The van der Waals surface area contributed by atoms with E-state index in [1.807, 2.05) is 30.6 Å². The number of hydrogen-bond donors (Lipinski definition) is 2. The molecule has 1 aromatic carbocycles. The molecule has 2 heterocycles. The van der Waals surface area contributed by atoms with Crippen molar-refractivity contribution in [2.24, 2.45) is 5.92 Å². The van der Waals surface area contributed by atoms with Gasteiger partial charge in [0.15, 0.2) is 0 Å². The van der Waals surface area contributed by atoms with Crippen LogP contribution in [-0.2, 0) is 12.8 Å². The fourth-order valence-corrected chi connectivity index (χ4v) is 2.82. The van der Waals surface area contributed by atoms with Gasteiger partial charge in [0.1, 0.15) is 5.65 Å². The third-order valence-electron chi connectivity index (χ3n) is 4.14. The molecule has 1 atom stereocenters. The number of pyridine rings is 1. The molecule has 23 heavy (non-hydrogen) atoms. The average molecular weight is 305 g/mol. The quantitative estimate of drug-likeness (QED) is 0.758. The standard InChI is InChI=1S/C19H19N3O/c1-2-15-10-21-19-18(15)8-17(11-22-19)16-5-3-4-13(7-16)6-14(9-20)12-23/h3-5,7-8,10-11,14,23H,2,6,12H2,1H3,(H,21,22). The summed E-state index contributed by atoms with van der Waals surface area (Å²) in [6.07, 6.45) is 5.40. The van der Waals surface area contributed by atoms with E-state index in [2.05, 4.69) is 35.1 Å². The van der Waals surface area contributed by atoms with E-state index in [1.54, 1.807) is 0 Å². The van der Waals surface area contributed by atoms with Gasteiger partial charge >= 0.3 is 0 Å². The van der Waals surface area contributed by atoms with Crippen LogP contribution in [0, 0.1) is 17.2 Å². The Morgan fingerprint density at radius 3 is 2.91 bits per heavy atom. The molecule has 0 aliphatic rings. The Bertz CT molecular complexity index is 860. The molecule has 0 spiro atoms. The van der Waals surface area contributed by atoms with Crippen molar-refractivity contribution in [3.63, 3.8) is 0 Å². The molecule has 1 unspecified atom stereocenters. The molecular formula is C19H19N3O. The van der Waals surface area contributed by atoms with Gasteiger partial charge in [-0.25, -0.2) is 4.98 Å². The Hall–Kier alpha value is -2.64. The Balaban J connectivity index is 1.97. The number of hydrogen-bond acceptors (Lipinski definition) is 3. The number of H-pyrrole nitrogens is 1. The largest absolute Gasteiger partial charge is 0.395 e. The van der Waals surface area contributed by atoms with E-state index in [1.165, 1.54) is 5.56 Å². The number of nitriles is 1. The molecule has 0 aliphatic heterocycles. The maximum atomic E-state index is 9.19. The summed E-state index contributed by atoms with van der Waals surface area (Å²) in [7, 11) is 0. The van der Waals surface area contributed by atoms with Crippen LogP contribution in [0.2, 0.25) is 0 Å². The van der Waals surface area contributed by atoms with Crippen LogP contribution in [0.5, 0.6) is 0 Å². The molecule has 2 aromatic heterocycles. The van der Waals surface area contributed by atoms with Crippen LogP contribution in [0.3, 0.4) is 0 Å². The van der Waals surface area contributed by atoms with E-state index < -0.39 is 0 Å². The van der Waals surface area contributed by atoms with E-state index in [9.17, 15) is 5.11 Å². The van der Waals surface area contributed by atoms with E-state index in [0.29, 0.717) is 6.42 Å². The van der Waals surface area contributed by atoms with Crippen LogP contribution in [0.25, 0.3) is 22.2 Å². The molecular weight excluding hydrogens is 286 g/mol. The predicted octanol–water partition coefficient (Wildman–Crippen LogP) is 3.47. The molecule has 0 aliphatic carbocycles. The van der Waals surface area contributed by atoms with Gasteiger partial charge in [-0.3, -0.25) is 0 Å². The number of nitrogens with zero attached hydrogens (tertiary/aromatic N) is 2. The highest BCUT2D eigenvalue weighted by molar-refractivity contribution is 5.84. The van der Waals surface area contributed by atoms with Gasteiger partial charge in [0.25, 0.3) is 0 Å². The zero-order valence-corrected chi connectivity index (χ0v) is 13.1. The van der Waals surface area contributed by atoms with Crippen LogP contribution in [0.4, 0.5) is 0 Å². The Morgan fingerprint density at radius 1 is 1.30 bits per heavy atom. The lowest BCUT2D eigenvalue weighted by molar-refractivity contribution is 0.255. The maximum absolute atomic E-state index is 9.19. The van der Waals surface area contributed by atoms with Gasteiger partial charge in [-0.2, -0.15) is 5.26 Å². The number of rotatable bonds is 5. The summed E-state index contributed by atoms with van der Waals surface area (Å²) in [4.78, 5) is 7.70. The highest BCUT2D eigenvalue weighted by atomic mass is 16.3. The fourth-order valence-electron chi connectivity index (χ4n) is 2.82. The van der Waals surface area contributed by atoms with Crippen molar-refractivity contribution in [1.29, 1.82) is 5.26 Å². The Morgan fingerprint density at radius 2 is 2.17 bits per heavy atom. The van der Waals surface area contributed by atoms with Crippen molar-refractivity contribution < 1.29 is 5.11 Å². The minimum Gasteiger partial charge on any atom is -0.395 e. The van der Waals surface area contributed by atoms with Crippen LogP contribution in [0.15, 0.2) is 42.7 Å². The summed E-state index contributed by atoms with van der Waals surface area (Å²) >= 11 is 0. The number of aromatic nitrogens is 2. The van der Waals surface area contributed by atoms with Crippen molar-refractivity contribution >= 4 is 11.0 Å². The summed E-state index contributed by atoms with van der Waals surface area (Å²) in [6.45, 7) is 2.02. The first-order valence-corrected chi connectivity index (χ1v) is 7.81. The Kier molecular flexibility index (Phi) is 4.40. The first kappa shape index (κ1) is 15.3. The molecule has 4 heteroatoms. The molecule has 3 rings (SSSR count). The van der Waals surface area contributed by atoms with Gasteiger partial charge in [0.05, 0.1) is 18.6 Å². The first-order chi connectivity index (χ1) is 11.2. The molecule has 0 saturated carbocycles. The third-order valence-corrected chi connectivity index (χ3v) is 4.14. The maximum Gasteiger partial charge on any atom is 0.137 e. The van der Waals surface area contributed by atoms with Crippen molar-refractivity contribution in [3.8, 4) is 17.2 Å². The van der Waals surface area contributed by atoms with E-state index in [4.69, 9.17) is 5.26 Å². The number of benzene rings is 1. The monoisotopic (exact) mass is 305 g/mol. The van der Waals surface area contributed by atoms with E-state index in [-0.39, 0.29) is 12.5 Å². The molecule has 4 nitrogen and oxygen atoms in total. The van der Waals surface area contributed by atoms with Crippen molar-refractivity contribution in [3.05, 3.63) is 53.9 Å². The van der Waals surface area contributed by atoms with Gasteiger partial charge in [-0.1, -0.05) is 31.2 Å². The lowest BCUT2D eigenvalue weighted by atomic mass is 9.97. The van der Waals surface area contributed by atoms with Crippen LogP contribution < -0.4 is 0 Å². The molecule has 0 bridgehead atoms. The number of aromatic amines is 1. The van der Waals surface area contributed by atoms with Crippen molar-refractivity contribution in [2.75, 3.05) is 6.61 Å². The molecule has 3 aromatic rings. The normalized spacial score (nSPS) is 12.2. The summed E-state index contributed by atoms with van der Waals surface area (Å²) < 4.78 is 0. The lowest BCUT2D eigenvalue weighted by Gasteiger charge is -2.08. The molecule has 0 radical (unpaired) electrons. The van der Waals surface area contributed by atoms with Crippen molar-refractivity contribution in [1.82, 2.24) is 9.97 Å². The number of aryl methyl sites for hydroxylation is 1. The number of aliphatic hydroxyl groups is 1. The van der Waals surface area contributed by atoms with Gasteiger partial charge in [0.2, 0.25) is 0 Å². The fraction of sp³-hybridized carbons (Fsp3) is 0.263. The summed E-state index contributed by atoms with van der Waals surface area (Å²) in [5.74, 6) is -0.359. The summed E-state index contributed by atoms with van der Waals surface area (Å²) in [5, 5.41) is 19.3. The average Bonchev–Trinajstić information content (AvgIpc) is 3.02. The van der Waals surface area contributed by atoms with E-state index >= 15 is 0 Å². The number of fused-ring (bicyclic) bond motifs is 1. The molecule has 116 valence electrons. The second-order valence-corrected chi connectivity index (χ2v) is 5.70. The third kappa shape index (κ3) is 3.10. The number of aliphatic hydroxyl groups excluding tert-OH is 1. The second kappa shape index (κ2) is 6.64. The molecule has 0 fully saturated rings. The molecule has 2 N–H and O–H groups in total. The zero-order valence-electron chi connectivity index (χ0n) is 13.1. The van der Waals surface area contributed by atoms with Crippen LogP contribution in [-0.4, -0.2) is 21.7 Å². The van der Waals surface area contributed by atoms with Crippen molar-refractivity contribution in [2.45, 2.75) is 19.8 Å². The van der Waals surface area contributed by atoms with Gasteiger partial charge in [0, 0.05) is 23.3 Å². The van der Waals surface area contributed by atoms with Gasteiger partial charge in [-0.15, -0.1) is 0 Å². The smallest absolute Gasteiger partial charge is 0.137 e. The minimum absolute atomic E-state index is 0.114. The zero-order chi connectivity index (χ0) is 16.2. The highest BCUT2D eigenvalue weighted by Gasteiger charge is 2.09. The number of nitrogens with one attached hydrogen (secondary N) is 1. The highest BCUT2D eigenvalue weighted by Crippen LogP contribution is 2.26. The van der Waals surface area contributed by atoms with Gasteiger partial charge in [-0.05, 0) is 35.6 Å². The SMILES string of the molecule is CCc1c[nH]c2ncc(-c3cccc(CC(C#N)CO)c3)cc12. The summed E-state index contributed by atoms with van der Waals surface area (Å²) in [5.41, 5.74) is 5.36. The molecule has 0 amide bonds. The first-order valence-electron chi connectivity index (χ1n) is 7.81. The summed E-state index contributed by atoms with van der Waals surface area (Å²) in [6, 6.07) is 12.4. The lowest BCUT2D eigenvalue weighted by Crippen LogP contribution is -2.06. The minimum atomic E-state index is -0.359. The topological polar surface area (TPSA) is 72.7 Å². The van der Waals surface area contributed by atoms with E-state index in [0.717, 1.165) is 34.1 Å². The van der Waals surface area contributed by atoms with Crippen LogP contribution in [0.1, 0.15) is 18.1 Å². The molecule has 0 saturated heterocycles.